The monoisotopic (exact) mass is 447 g/mol. The van der Waals surface area contributed by atoms with Crippen molar-refractivity contribution in [3.05, 3.63) is 11.1 Å². The maximum Gasteiger partial charge on any atom is 0.332 e. The van der Waals surface area contributed by atoms with Crippen LogP contribution in [0.3, 0.4) is 0 Å². The zero-order valence-electron chi connectivity index (χ0n) is 15.4. The molecule has 3 amide bonds. The summed E-state index contributed by atoms with van der Waals surface area (Å²) < 4.78 is 9.94. The third-order valence-corrected chi connectivity index (χ3v) is 4.36. The van der Waals surface area contributed by atoms with E-state index in [-0.39, 0.29) is 35.6 Å². The summed E-state index contributed by atoms with van der Waals surface area (Å²) in [5.41, 5.74) is -0.109. The third-order valence-electron chi connectivity index (χ3n) is 3.35. The van der Waals surface area contributed by atoms with Gasteiger partial charge in [0.15, 0.2) is 23.1 Å². The summed E-state index contributed by atoms with van der Waals surface area (Å²) in [6.07, 6.45) is -0.909. The normalized spacial score (nSPS) is 18.3. The Morgan fingerprint density at radius 3 is 2.79 bits per heavy atom. The number of amides is 3. The number of halogens is 1. The fourth-order valence-electron chi connectivity index (χ4n) is 2.09. The van der Waals surface area contributed by atoms with Gasteiger partial charge in [0.2, 0.25) is 11.8 Å². The van der Waals surface area contributed by atoms with Crippen LogP contribution in [-0.4, -0.2) is 72.9 Å². The van der Waals surface area contributed by atoms with Gasteiger partial charge in [-0.15, -0.1) is 22.9 Å². The van der Waals surface area contributed by atoms with Crippen LogP contribution in [0.25, 0.3) is 0 Å². The number of thiazole rings is 1. The number of rotatable bonds is 10. The Morgan fingerprint density at radius 2 is 2.17 bits per heavy atom. The smallest absolute Gasteiger partial charge is 0.332 e. The van der Waals surface area contributed by atoms with Crippen molar-refractivity contribution in [3.63, 3.8) is 0 Å². The minimum Gasteiger partial charge on any atom is -0.464 e. The van der Waals surface area contributed by atoms with Crippen LogP contribution in [0.4, 0.5) is 5.13 Å². The molecule has 1 aliphatic rings. The van der Waals surface area contributed by atoms with Gasteiger partial charge in [0, 0.05) is 5.38 Å². The topological polar surface area (TPSA) is 157 Å². The second kappa shape index (κ2) is 10.7. The molecule has 0 aliphatic carbocycles. The molecule has 0 unspecified atom stereocenters. The van der Waals surface area contributed by atoms with Crippen molar-refractivity contribution in [2.75, 3.05) is 31.5 Å². The number of esters is 1. The molecule has 2 atom stereocenters. The molecule has 0 radical (unpaired) electrons. The summed E-state index contributed by atoms with van der Waals surface area (Å²) in [6.45, 7) is 1.45. The number of oxime groups is 1. The first kappa shape index (κ1) is 22.5. The molecule has 2 rings (SSSR count). The van der Waals surface area contributed by atoms with Crippen LogP contribution in [0.1, 0.15) is 12.6 Å². The van der Waals surface area contributed by atoms with Gasteiger partial charge in [-0.1, -0.05) is 5.16 Å². The lowest BCUT2D eigenvalue weighted by atomic mass is 10.1. The number of aromatic nitrogens is 1. The number of anilines is 1. The summed E-state index contributed by atoms with van der Waals surface area (Å²) in [4.78, 5) is 55.7. The second-order valence-corrected chi connectivity index (χ2v) is 6.46. The number of nitrogens with one attached hydrogen (secondary N) is 3. The van der Waals surface area contributed by atoms with E-state index in [9.17, 15) is 19.2 Å². The number of ether oxygens (including phenoxy) is 2. The fourth-order valence-corrected chi connectivity index (χ4v) is 2.87. The first-order valence-corrected chi connectivity index (χ1v) is 9.62. The molecule has 1 aliphatic heterocycles. The SMILES string of the molecule is CCOC(=O)CO[C@@H]1NC(=O)[C@H]1NC(=O)C(=NOC)c1csc(NC(=O)CCl)n1. The van der Waals surface area contributed by atoms with Crippen LogP contribution >= 0.6 is 22.9 Å². The molecular formula is C15H18ClN5O7S. The highest BCUT2D eigenvalue weighted by Crippen LogP contribution is 2.17. The van der Waals surface area contributed by atoms with Gasteiger partial charge in [-0.25, -0.2) is 9.78 Å². The van der Waals surface area contributed by atoms with Crippen molar-refractivity contribution >= 4 is 57.5 Å². The predicted octanol–water partition coefficient (Wildman–Crippen LogP) is -0.809. The molecule has 1 aromatic rings. The van der Waals surface area contributed by atoms with E-state index in [0.717, 1.165) is 11.3 Å². The Bertz CT molecular complexity index is 815. The van der Waals surface area contributed by atoms with Crippen LogP contribution in [0, 0.1) is 0 Å². The molecule has 29 heavy (non-hydrogen) atoms. The minimum atomic E-state index is -1.05. The van der Waals surface area contributed by atoms with E-state index in [1.807, 2.05) is 0 Å². The van der Waals surface area contributed by atoms with Crippen LogP contribution in [0.15, 0.2) is 10.5 Å². The van der Waals surface area contributed by atoms with Gasteiger partial charge >= 0.3 is 5.97 Å². The number of carbonyl (C=O) groups is 4. The van der Waals surface area contributed by atoms with Gasteiger partial charge in [0.1, 0.15) is 25.3 Å². The Hall–Kier alpha value is -2.77. The van der Waals surface area contributed by atoms with Gasteiger partial charge in [-0.2, -0.15) is 0 Å². The number of alkyl halides is 1. The molecule has 2 heterocycles. The van der Waals surface area contributed by atoms with Crippen molar-refractivity contribution in [2.24, 2.45) is 5.16 Å². The zero-order valence-corrected chi connectivity index (χ0v) is 17.0. The Balaban J connectivity index is 2.02. The molecule has 0 aromatic carbocycles. The number of hydrogen-bond donors (Lipinski definition) is 3. The van der Waals surface area contributed by atoms with E-state index < -0.39 is 36.0 Å². The average Bonchev–Trinajstić information content (AvgIpc) is 3.15. The molecular weight excluding hydrogens is 430 g/mol. The third kappa shape index (κ3) is 6.10. The maximum atomic E-state index is 12.6. The summed E-state index contributed by atoms with van der Waals surface area (Å²) in [6, 6.07) is -1.05. The quantitative estimate of drug-likeness (QED) is 0.138. The first-order valence-electron chi connectivity index (χ1n) is 8.20. The molecule has 158 valence electrons. The Labute approximate surface area is 173 Å². The van der Waals surface area contributed by atoms with Gasteiger partial charge < -0.3 is 30.3 Å². The molecule has 1 aromatic heterocycles. The molecule has 0 spiro atoms. The highest BCUT2D eigenvalue weighted by atomic mass is 35.5. The molecule has 14 heteroatoms. The van der Waals surface area contributed by atoms with E-state index in [0.29, 0.717) is 0 Å². The lowest BCUT2D eigenvalue weighted by Crippen LogP contribution is -2.70. The van der Waals surface area contributed by atoms with Crippen molar-refractivity contribution in [1.82, 2.24) is 15.6 Å². The van der Waals surface area contributed by atoms with E-state index >= 15 is 0 Å². The fraction of sp³-hybridized carbons (Fsp3) is 0.467. The van der Waals surface area contributed by atoms with E-state index in [1.54, 1.807) is 6.92 Å². The Kier molecular flexibility index (Phi) is 8.30. The standard InChI is InChI=1S/C15H18ClN5O7S/c1-3-27-9(23)5-28-14-11(13(25)20-14)19-12(24)10(21-26-2)7-6-29-15(17-7)18-8(22)4-16/h6,11,14H,3-5H2,1-2H3,(H,19,24)(H,20,25)(H,17,18,22)/t11-,14+/m1/s1. The van der Waals surface area contributed by atoms with Gasteiger partial charge in [0.25, 0.3) is 5.91 Å². The molecule has 0 saturated carbocycles. The summed E-state index contributed by atoms with van der Waals surface area (Å²) in [7, 11) is 1.23. The molecule has 0 bridgehead atoms. The lowest BCUT2D eigenvalue weighted by Gasteiger charge is -2.36. The summed E-state index contributed by atoms with van der Waals surface area (Å²) >= 11 is 6.47. The molecule has 1 saturated heterocycles. The maximum absolute atomic E-state index is 12.6. The van der Waals surface area contributed by atoms with Crippen molar-refractivity contribution in [3.8, 4) is 0 Å². The minimum absolute atomic E-state index is 0.114. The van der Waals surface area contributed by atoms with Crippen molar-refractivity contribution in [2.45, 2.75) is 19.2 Å². The van der Waals surface area contributed by atoms with Crippen LogP contribution < -0.4 is 16.0 Å². The number of β-lactam (4-membered cyclic amide) rings is 1. The van der Waals surface area contributed by atoms with Gasteiger partial charge in [0.05, 0.1) is 6.61 Å². The van der Waals surface area contributed by atoms with E-state index in [4.69, 9.17) is 21.1 Å². The zero-order chi connectivity index (χ0) is 21.4. The van der Waals surface area contributed by atoms with Crippen molar-refractivity contribution in [1.29, 1.82) is 0 Å². The molecule has 1 fully saturated rings. The van der Waals surface area contributed by atoms with Crippen molar-refractivity contribution < 1.29 is 33.5 Å². The largest absolute Gasteiger partial charge is 0.464 e. The predicted molar refractivity (Wildman–Crippen MR) is 101 cm³/mol. The van der Waals surface area contributed by atoms with Crippen LogP contribution in [-0.2, 0) is 33.5 Å². The molecule has 12 nitrogen and oxygen atoms in total. The number of carbonyl (C=O) groups excluding carboxylic acids is 4. The first-order chi connectivity index (χ1) is 13.9. The lowest BCUT2D eigenvalue weighted by molar-refractivity contribution is -0.162. The average molecular weight is 448 g/mol. The number of hydrogen-bond acceptors (Lipinski definition) is 10. The number of nitrogens with zero attached hydrogens (tertiary/aromatic N) is 2. The second-order valence-electron chi connectivity index (χ2n) is 5.34. The van der Waals surface area contributed by atoms with E-state index in [2.05, 4.69) is 30.9 Å². The molecule has 3 N–H and O–H groups in total. The summed E-state index contributed by atoms with van der Waals surface area (Å²) in [5, 5.41) is 12.6. The van der Waals surface area contributed by atoms with Crippen LogP contribution in [0.5, 0.6) is 0 Å². The van der Waals surface area contributed by atoms with Crippen LogP contribution in [0.2, 0.25) is 0 Å². The van der Waals surface area contributed by atoms with Gasteiger partial charge in [-0.3, -0.25) is 14.4 Å². The highest BCUT2D eigenvalue weighted by molar-refractivity contribution is 7.14. The highest BCUT2D eigenvalue weighted by Gasteiger charge is 2.42. The Morgan fingerprint density at radius 1 is 1.41 bits per heavy atom. The van der Waals surface area contributed by atoms with Gasteiger partial charge in [-0.05, 0) is 6.92 Å². The van der Waals surface area contributed by atoms with E-state index in [1.165, 1.54) is 12.5 Å². The summed E-state index contributed by atoms with van der Waals surface area (Å²) in [5.74, 6) is -2.59.